The second-order valence-corrected chi connectivity index (χ2v) is 6.28. The molecule has 1 atom stereocenters. The lowest BCUT2D eigenvalue weighted by atomic mass is 9.91. The summed E-state index contributed by atoms with van der Waals surface area (Å²) < 4.78 is 0. The lowest BCUT2D eigenvalue weighted by Crippen LogP contribution is -2.41. The van der Waals surface area contributed by atoms with E-state index < -0.39 is 0 Å². The monoisotopic (exact) mass is 259 g/mol. The first-order valence-corrected chi connectivity index (χ1v) is 7.75. The standard InChI is InChI=1S/C17H25NO/c1-13(19)11-14-5-6-15-7-9-18(17-3-2-4-17)10-8-16(15)12-14/h5-6,12-13,17,19H,2-4,7-11H2,1H3. The minimum Gasteiger partial charge on any atom is -0.393 e. The van der Waals surface area contributed by atoms with Crippen molar-refractivity contribution in [1.29, 1.82) is 0 Å². The van der Waals surface area contributed by atoms with Gasteiger partial charge in [0.1, 0.15) is 0 Å². The largest absolute Gasteiger partial charge is 0.393 e. The van der Waals surface area contributed by atoms with E-state index >= 15 is 0 Å². The molecule has 3 rings (SSSR count). The summed E-state index contributed by atoms with van der Waals surface area (Å²) in [4.78, 5) is 2.69. The first-order valence-electron chi connectivity index (χ1n) is 7.75. The van der Waals surface area contributed by atoms with Crippen LogP contribution in [0.4, 0.5) is 0 Å². The minimum absolute atomic E-state index is 0.240. The number of aliphatic hydroxyl groups is 1. The quantitative estimate of drug-likeness (QED) is 0.902. The topological polar surface area (TPSA) is 23.5 Å². The Balaban J connectivity index is 1.71. The fourth-order valence-corrected chi connectivity index (χ4v) is 3.38. The maximum atomic E-state index is 9.51. The molecular weight excluding hydrogens is 234 g/mol. The Morgan fingerprint density at radius 1 is 1.21 bits per heavy atom. The second kappa shape index (κ2) is 5.64. The smallest absolute Gasteiger partial charge is 0.0552 e. The Kier molecular flexibility index (Phi) is 3.90. The number of rotatable bonds is 3. The molecule has 0 spiro atoms. The van der Waals surface area contributed by atoms with Gasteiger partial charge < -0.3 is 5.11 Å². The predicted molar refractivity (Wildman–Crippen MR) is 78.4 cm³/mol. The predicted octanol–water partition coefficient (Wildman–Crippen LogP) is 2.56. The van der Waals surface area contributed by atoms with Crippen molar-refractivity contribution in [3.05, 3.63) is 34.9 Å². The van der Waals surface area contributed by atoms with Crippen LogP contribution < -0.4 is 0 Å². The van der Waals surface area contributed by atoms with Gasteiger partial charge in [0.2, 0.25) is 0 Å². The van der Waals surface area contributed by atoms with Crippen LogP contribution in [0.1, 0.15) is 42.9 Å². The molecule has 0 radical (unpaired) electrons. The molecule has 2 nitrogen and oxygen atoms in total. The van der Waals surface area contributed by atoms with Crippen molar-refractivity contribution in [2.45, 2.75) is 57.6 Å². The molecule has 1 fully saturated rings. The van der Waals surface area contributed by atoms with Crippen molar-refractivity contribution in [3.63, 3.8) is 0 Å². The molecule has 2 heteroatoms. The normalized spacial score (nSPS) is 22.4. The summed E-state index contributed by atoms with van der Waals surface area (Å²) in [6.07, 6.45) is 7.15. The third-order valence-electron chi connectivity index (χ3n) is 4.73. The molecule has 0 aromatic heterocycles. The first kappa shape index (κ1) is 13.1. The molecule has 1 unspecified atom stereocenters. The van der Waals surface area contributed by atoms with Crippen LogP contribution in [0.2, 0.25) is 0 Å². The highest BCUT2D eigenvalue weighted by Gasteiger charge is 2.26. The van der Waals surface area contributed by atoms with E-state index in [1.807, 2.05) is 6.92 Å². The average molecular weight is 259 g/mol. The summed E-state index contributed by atoms with van der Waals surface area (Å²) in [5.74, 6) is 0. The molecule has 2 aliphatic rings. The van der Waals surface area contributed by atoms with Crippen LogP contribution in [-0.4, -0.2) is 35.2 Å². The minimum atomic E-state index is -0.240. The summed E-state index contributed by atoms with van der Waals surface area (Å²) in [5, 5.41) is 9.51. The number of hydrogen-bond acceptors (Lipinski definition) is 2. The number of benzene rings is 1. The number of hydrogen-bond donors (Lipinski definition) is 1. The highest BCUT2D eigenvalue weighted by Crippen LogP contribution is 2.27. The van der Waals surface area contributed by atoms with E-state index in [-0.39, 0.29) is 6.10 Å². The Morgan fingerprint density at radius 2 is 1.95 bits per heavy atom. The summed E-state index contributed by atoms with van der Waals surface area (Å²) in [6, 6.07) is 7.68. The van der Waals surface area contributed by atoms with Crippen LogP contribution in [0.5, 0.6) is 0 Å². The molecule has 1 aliphatic heterocycles. The molecule has 0 amide bonds. The highest BCUT2D eigenvalue weighted by atomic mass is 16.3. The van der Waals surface area contributed by atoms with E-state index in [0.29, 0.717) is 0 Å². The Morgan fingerprint density at radius 3 is 2.58 bits per heavy atom. The fourth-order valence-electron chi connectivity index (χ4n) is 3.38. The molecule has 0 saturated heterocycles. The molecule has 19 heavy (non-hydrogen) atoms. The van der Waals surface area contributed by atoms with Gasteiger partial charge in [0, 0.05) is 19.1 Å². The Hall–Kier alpha value is -0.860. The van der Waals surface area contributed by atoms with Gasteiger partial charge in [0.05, 0.1) is 6.10 Å². The van der Waals surface area contributed by atoms with Gasteiger partial charge in [-0.1, -0.05) is 24.6 Å². The summed E-state index contributed by atoms with van der Waals surface area (Å²) in [6.45, 7) is 4.31. The number of nitrogens with zero attached hydrogens (tertiary/aromatic N) is 1. The molecule has 1 aromatic rings. The highest BCUT2D eigenvalue weighted by molar-refractivity contribution is 5.34. The average Bonchev–Trinajstić information content (AvgIpc) is 2.49. The van der Waals surface area contributed by atoms with Crippen LogP contribution in [0.25, 0.3) is 0 Å². The van der Waals surface area contributed by atoms with Crippen LogP contribution in [-0.2, 0) is 19.3 Å². The molecule has 0 bridgehead atoms. The molecule has 1 saturated carbocycles. The number of aliphatic hydroxyl groups excluding tert-OH is 1. The van der Waals surface area contributed by atoms with Gasteiger partial charge in [-0.15, -0.1) is 0 Å². The van der Waals surface area contributed by atoms with E-state index in [1.54, 1.807) is 0 Å². The van der Waals surface area contributed by atoms with Gasteiger partial charge in [0.25, 0.3) is 0 Å². The van der Waals surface area contributed by atoms with Gasteiger partial charge in [0.15, 0.2) is 0 Å². The third kappa shape index (κ3) is 3.01. The third-order valence-corrected chi connectivity index (χ3v) is 4.73. The Bertz CT molecular complexity index is 437. The van der Waals surface area contributed by atoms with E-state index in [0.717, 1.165) is 12.5 Å². The van der Waals surface area contributed by atoms with Crippen molar-refractivity contribution in [2.24, 2.45) is 0 Å². The van der Waals surface area contributed by atoms with Crippen molar-refractivity contribution in [2.75, 3.05) is 13.1 Å². The SMILES string of the molecule is CC(O)Cc1ccc2c(c1)CCN(C1CCC1)CC2. The van der Waals surface area contributed by atoms with Crippen molar-refractivity contribution >= 4 is 0 Å². The van der Waals surface area contributed by atoms with Crippen LogP contribution >= 0.6 is 0 Å². The van der Waals surface area contributed by atoms with Gasteiger partial charge in [-0.3, -0.25) is 4.90 Å². The van der Waals surface area contributed by atoms with Crippen molar-refractivity contribution in [1.82, 2.24) is 4.90 Å². The second-order valence-electron chi connectivity index (χ2n) is 6.28. The lowest BCUT2D eigenvalue weighted by molar-refractivity contribution is 0.133. The molecule has 104 valence electrons. The van der Waals surface area contributed by atoms with Gasteiger partial charge in [-0.2, -0.15) is 0 Å². The molecule has 1 aliphatic carbocycles. The van der Waals surface area contributed by atoms with Gasteiger partial charge in [-0.05, 0) is 55.7 Å². The molecular formula is C17H25NO. The fraction of sp³-hybridized carbons (Fsp3) is 0.647. The van der Waals surface area contributed by atoms with Crippen LogP contribution in [0.3, 0.4) is 0 Å². The molecule has 1 heterocycles. The zero-order valence-electron chi connectivity index (χ0n) is 11.9. The van der Waals surface area contributed by atoms with E-state index in [1.165, 1.54) is 61.9 Å². The molecule has 1 N–H and O–H groups in total. The maximum absolute atomic E-state index is 9.51. The first-order chi connectivity index (χ1) is 9.22. The lowest BCUT2D eigenvalue weighted by Gasteiger charge is -2.36. The molecule has 1 aromatic carbocycles. The van der Waals surface area contributed by atoms with E-state index in [4.69, 9.17) is 0 Å². The maximum Gasteiger partial charge on any atom is 0.0552 e. The van der Waals surface area contributed by atoms with E-state index in [2.05, 4.69) is 23.1 Å². The van der Waals surface area contributed by atoms with E-state index in [9.17, 15) is 5.11 Å². The summed E-state index contributed by atoms with van der Waals surface area (Å²) >= 11 is 0. The van der Waals surface area contributed by atoms with Crippen LogP contribution in [0, 0.1) is 0 Å². The zero-order valence-corrected chi connectivity index (χ0v) is 11.9. The van der Waals surface area contributed by atoms with Crippen molar-refractivity contribution in [3.8, 4) is 0 Å². The summed E-state index contributed by atoms with van der Waals surface area (Å²) in [7, 11) is 0. The van der Waals surface area contributed by atoms with Gasteiger partial charge >= 0.3 is 0 Å². The van der Waals surface area contributed by atoms with Crippen molar-refractivity contribution < 1.29 is 5.11 Å². The van der Waals surface area contributed by atoms with Gasteiger partial charge in [-0.25, -0.2) is 0 Å². The van der Waals surface area contributed by atoms with Crippen LogP contribution in [0.15, 0.2) is 18.2 Å². The summed E-state index contributed by atoms with van der Waals surface area (Å²) in [5.41, 5.74) is 4.32. The number of fused-ring (bicyclic) bond motifs is 1. The zero-order chi connectivity index (χ0) is 13.2. The Labute approximate surface area is 116 Å².